The predicted molar refractivity (Wildman–Crippen MR) is 95.1 cm³/mol. The van der Waals surface area contributed by atoms with Gasteiger partial charge in [-0.15, -0.1) is 0 Å². The van der Waals surface area contributed by atoms with Crippen molar-refractivity contribution in [1.29, 1.82) is 0 Å². The molecule has 0 spiro atoms. The summed E-state index contributed by atoms with van der Waals surface area (Å²) in [6.45, 7) is 5.96. The second kappa shape index (κ2) is 7.97. The molecule has 1 heterocycles. The molecule has 2 aromatic carbocycles. The van der Waals surface area contributed by atoms with Gasteiger partial charge in [-0.2, -0.15) is 0 Å². The maximum Gasteiger partial charge on any atom is 0.227 e. The van der Waals surface area contributed by atoms with E-state index in [9.17, 15) is 4.79 Å². The van der Waals surface area contributed by atoms with Crippen molar-refractivity contribution in [2.75, 3.05) is 26.2 Å². The number of hydrogen-bond donors (Lipinski definition) is 1. The highest BCUT2D eigenvalue weighted by Gasteiger charge is 2.16. The summed E-state index contributed by atoms with van der Waals surface area (Å²) < 4.78 is 5.88. The molecule has 1 aliphatic heterocycles. The summed E-state index contributed by atoms with van der Waals surface area (Å²) >= 11 is 0. The Bertz CT molecular complexity index is 694. The van der Waals surface area contributed by atoms with Gasteiger partial charge in [0.25, 0.3) is 0 Å². The second-order valence-electron chi connectivity index (χ2n) is 6.23. The first-order chi connectivity index (χ1) is 11.7. The molecule has 1 saturated heterocycles. The van der Waals surface area contributed by atoms with Crippen molar-refractivity contribution in [3.63, 3.8) is 0 Å². The van der Waals surface area contributed by atoms with E-state index in [1.54, 1.807) is 0 Å². The van der Waals surface area contributed by atoms with E-state index >= 15 is 0 Å². The van der Waals surface area contributed by atoms with Gasteiger partial charge in [-0.25, -0.2) is 0 Å². The van der Waals surface area contributed by atoms with Crippen molar-refractivity contribution in [3.05, 3.63) is 65.2 Å². The molecular weight excluding hydrogens is 300 g/mol. The van der Waals surface area contributed by atoms with Crippen LogP contribution in [0.1, 0.15) is 16.7 Å². The van der Waals surface area contributed by atoms with Crippen LogP contribution < -0.4 is 10.1 Å². The van der Waals surface area contributed by atoms with Gasteiger partial charge in [0.15, 0.2) is 0 Å². The lowest BCUT2D eigenvalue weighted by molar-refractivity contribution is -0.131. The molecule has 1 aliphatic rings. The third-order valence-electron chi connectivity index (χ3n) is 4.21. The molecule has 0 atom stereocenters. The van der Waals surface area contributed by atoms with Gasteiger partial charge in [0.2, 0.25) is 5.91 Å². The maximum atomic E-state index is 12.4. The molecule has 1 fully saturated rings. The van der Waals surface area contributed by atoms with E-state index < -0.39 is 0 Å². The molecule has 4 heteroatoms. The van der Waals surface area contributed by atoms with Crippen LogP contribution in [0.2, 0.25) is 0 Å². The number of piperazine rings is 1. The number of hydrogen-bond acceptors (Lipinski definition) is 3. The molecule has 4 nitrogen and oxygen atoms in total. The monoisotopic (exact) mass is 324 g/mol. The zero-order chi connectivity index (χ0) is 16.8. The van der Waals surface area contributed by atoms with Gasteiger partial charge in [0, 0.05) is 26.2 Å². The largest absolute Gasteiger partial charge is 0.489 e. The summed E-state index contributed by atoms with van der Waals surface area (Å²) in [6.07, 6.45) is 0.432. The number of carbonyl (C=O) groups is 1. The Hall–Kier alpha value is -2.33. The van der Waals surface area contributed by atoms with Gasteiger partial charge in [-0.1, -0.05) is 42.0 Å². The number of ether oxygens (including phenoxy) is 1. The van der Waals surface area contributed by atoms with Crippen LogP contribution in [-0.4, -0.2) is 37.0 Å². The molecule has 0 radical (unpaired) electrons. The second-order valence-corrected chi connectivity index (χ2v) is 6.23. The van der Waals surface area contributed by atoms with Gasteiger partial charge in [-0.05, 0) is 30.2 Å². The van der Waals surface area contributed by atoms with Crippen molar-refractivity contribution in [2.45, 2.75) is 20.0 Å². The fourth-order valence-corrected chi connectivity index (χ4v) is 2.91. The number of rotatable bonds is 5. The lowest BCUT2D eigenvalue weighted by Gasteiger charge is -2.27. The first-order valence-electron chi connectivity index (χ1n) is 8.46. The van der Waals surface area contributed by atoms with E-state index in [4.69, 9.17) is 4.74 Å². The highest BCUT2D eigenvalue weighted by Crippen LogP contribution is 2.17. The number of nitrogens with one attached hydrogen (secondary N) is 1. The van der Waals surface area contributed by atoms with Crippen molar-refractivity contribution in [1.82, 2.24) is 10.2 Å². The summed E-state index contributed by atoms with van der Waals surface area (Å²) in [4.78, 5) is 14.3. The fraction of sp³-hybridized carbons (Fsp3) is 0.350. The van der Waals surface area contributed by atoms with Crippen LogP contribution in [-0.2, 0) is 17.8 Å². The molecule has 0 aliphatic carbocycles. The van der Waals surface area contributed by atoms with Gasteiger partial charge in [0.1, 0.15) is 12.4 Å². The molecule has 0 saturated carbocycles. The first-order valence-corrected chi connectivity index (χ1v) is 8.46. The Morgan fingerprint density at radius 1 is 1.08 bits per heavy atom. The van der Waals surface area contributed by atoms with Crippen LogP contribution in [0.25, 0.3) is 0 Å². The molecule has 0 unspecified atom stereocenters. The van der Waals surface area contributed by atoms with E-state index in [0.717, 1.165) is 43.1 Å². The van der Waals surface area contributed by atoms with Crippen molar-refractivity contribution in [3.8, 4) is 5.75 Å². The van der Waals surface area contributed by atoms with E-state index in [-0.39, 0.29) is 5.91 Å². The summed E-state index contributed by atoms with van der Waals surface area (Å²) in [5.41, 5.74) is 3.38. The molecule has 0 aromatic heterocycles. The van der Waals surface area contributed by atoms with E-state index in [2.05, 4.69) is 30.4 Å². The van der Waals surface area contributed by atoms with Crippen molar-refractivity contribution < 1.29 is 9.53 Å². The maximum absolute atomic E-state index is 12.4. The smallest absolute Gasteiger partial charge is 0.227 e. The SMILES string of the molecule is Cc1cccc(COc2cccc(CC(=O)N3CCNCC3)c2)c1. The number of aryl methyl sites for hydroxylation is 1. The Morgan fingerprint density at radius 2 is 1.83 bits per heavy atom. The third kappa shape index (κ3) is 4.59. The van der Waals surface area contributed by atoms with Crippen LogP contribution in [0.15, 0.2) is 48.5 Å². The Balaban J connectivity index is 1.58. The highest BCUT2D eigenvalue weighted by atomic mass is 16.5. The number of benzene rings is 2. The Kier molecular flexibility index (Phi) is 5.49. The van der Waals surface area contributed by atoms with E-state index in [1.165, 1.54) is 5.56 Å². The predicted octanol–water partition coefficient (Wildman–Crippen LogP) is 2.55. The quantitative estimate of drug-likeness (QED) is 0.919. The first kappa shape index (κ1) is 16.5. The molecular formula is C20H24N2O2. The number of carbonyl (C=O) groups excluding carboxylic acids is 1. The topological polar surface area (TPSA) is 41.6 Å². The number of amides is 1. The summed E-state index contributed by atoms with van der Waals surface area (Å²) in [5, 5.41) is 3.26. The Morgan fingerprint density at radius 3 is 2.62 bits per heavy atom. The zero-order valence-electron chi connectivity index (χ0n) is 14.1. The average molecular weight is 324 g/mol. The minimum atomic E-state index is 0.187. The minimum absolute atomic E-state index is 0.187. The third-order valence-corrected chi connectivity index (χ3v) is 4.21. The fourth-order valence-electron chi connectivity index (χ4n) is 2.91. The van der Waals surface area contributed by atoms with Gasteiger partial charge in [0.05, 0.1) is 6.42 Å². The van der Waals surface area contributed by atoms with Crippen LogP contribution in [0.3, 0.4) is 0 Å². The lowest BCUT2D eigenvalue weighted by Crippen LogP contribution is -2.46. The van der Waals surface area contributed by atoms with Crippen LogP contribution in [0.5, 0.6) is 5.75 Å². The zero-order valence-corrected chi connectivity index (χ0v) is 14.1. The van der Waals surface area contributed by atoms with Gasteiger partial charge >= 0.3 is 0 Å². The molecule has 3 rings (SSSR count). The standard InChI is InChI=1S/C20H24N2O2/c1-16-4-2-6-18(12-16)15-24-19-7-3-5-17(13-19)14-20(23)22-10-8-21-9-11-22/h2-7,12-13,21H,8-11,14-15H2,1H3. The van der Waals surface area contributed by atoms with Gasteiger partial charge in [-0.3, -0.25) is 4.79 Å². The van der Waals surface area contributed by atoms with Crippen LogP contribution >= 0.6 is 0 Å². The van der Waals surface area contributed by atoms with Gasteiger partial charge < -0.3 is 15.0 Å². The molecule has 0 bridgehead atoms. The normalized spacial score (nSPS) is 14.5. The van der Waals surface area contributed by atoms with E-state index in [0.29, 0.717) is 13.0 Å². The number of nitrogens with zero attached hydrogens (tertiary/aromatic N) is 1. The summed E-state index contributed by atoms with van der Waals surface area (Å²) in [7, 11) is 0. The summed E-state index contributed by atoms with van der Waals surface area (Å²) in [5.74, 6) is 0.995. The van der Waals surface area contributed by atoms with Crippen molar-refractivity contribution >= 4 is 5.91 Å². The molecule has 1 N–H and O–H groups in total. The molecule has 1 amide bonds. The molecule has 2 aromatic rings. The van der Waals surface area contributed by atoms with E-state index in [1.807, 2.05) is 35.2 Å². The molecule has 126 valence electrons. The highest BCUT2D eigenvalue weighted by molar-refractivity contribution is 5.79. The molecule has 24 heavy (non-hydrogen) atoms. The summed E-state index contributed by atoms with van der Waals surface area (Å²) in [6, 6.07) is 16.1. The van der Waals surface area contributed by atoms with Crippen molar-refractivity contribution in [2.24, 2.45) is 0 Å². The average Bonchev–Trinajstić information content (AvgIpc) is 2.61. The Labute approximate surface area is 143 Å². The lowest BCUT2D eigenvalue weighted by atomic mass is 10.1. The van der Waals surface area contributed by atoms with Crippen LogP contribution in [0, 0.1) is 6.92 Å². The van der Waals surface area contributed by atoms with Crippen LogP contribution in [0.4, 0.5) is 0 Å². The minimum Gasteiger partial charge on any atom is -0.489 e.